The predicted molar refractivity (Wildman–Crippen MR) is 73.7 cm³/mol. The van der Waals surface area contributed by atoms with E-state index in [4.69, 9.17) is 5.11 Å². The van der Waals surface area contributed by atoms with E-state index < -0.39 is 11.9 Å². The van der Waals surface area contributed by atoms with Crippen molar-refractivity contribution in [2.24, 2.45) is 0 Å². The molecule has 1 aromatic rings. The fourth-order valence-electron chi connectivity index (χ4n) is 1.66. The van der Waals surface area contributed by atoms with Crippen LogP contribution in [0.15, 0.2) is 24.3 Å². The van der Waals surface area contributed by atoms with Gasteiger partial charge in [-0.2, -0.15) is 0 Å². The van der Waals surface area contributed by atoms with E-state index in [1.165, 1.54) is 12.1 Å². The van der Waals surface area contributed by atoms with Crippen molar-refractivity contribution in [2.75, 3.05) is 13.1 Å². The zero-order valence-corrected chi connectivity index (χ0v) is 11.3. The lowest BCUT2D eigenvalue weighted by Crippen LogP contribution is -2.35. The standard InChI is InChI=1S/C14H18N2O4/c1-2-5-12(17)15-8-9-16-13(18)10-6-3-4-7-11(10)14(19)20/h3-4,6-7H,2,5,8-9H2,1H3,(H,15,17)(H,16,18)(H,19,20). The quantitative estimate of drug-likeness (QED) is 0.649. The van der Waals surface area contributed by atoms with Crippen LogP contribution in [0.4, 0.5) is 0 Å². The van der Waals surface area contributed by atoms with Crippen molar-refractivity contribution in [3.63, 3.8) is 0 Å². The highest BCUT2D eigenvalue weighted by atomic mass is 16.4. The molecule has 0 atom stereocenters. The first kappa shape index (κ1) is 15.7. The molecule has 20 heavy (non-hydrogen) atoms. The average molecular weight is 278 g/mol. The maximum Gasteiger partial charge on any atom is 0.336 e. The fourth-order valence-corrected chi connectivity index (χ4v) is 1.66. The number of carbonyl (C=O) groups is 3. The summed E-state index contributed by atoms with van der Waals surface area (Å²) in [6.07, 6.45) is 1.22. The van der Waals surface area contributed by atoms with Gasteiger partial charge in [0.1, 0.15) is 0 Å². The van der Waals surface area contributed by atoms with Crippen molar-refractivity contribution in [2.45, 2.75) is 19.8 Å². The van der Waals surface area contributed by atoms with Gasteiger partial charge in [0.05, 0.1) is 11.1 Å². The summed E-state index contributed by atoms with van der Waals surface area (Å²) in [5.74, 6) is -1.67. The molecule has 0 aliphatic carbocycles. The van der Waals surface area contributed by atoms with Crippen LogP contribution in [0.2, 0.25) is 0 Å². The molecule has 0 spiro atoms. The van der Waals surface area contributed by atoms with Crippen LogP contribution in [0.25, 0.3) is 0 Å². The average Bonchev–Trinajstić information content (AvgIpc) is 2.43. The molecule has 6 nitrogen and oxygen atoms in total. The Morgan fingerprint density at radius 2 is 1.65 bits per heavy atom. The van der Waals surface area contributed by atoms with Gasteiger partial charge in [0.15, 0.2) is 0 Å². The molecule has 0 saturated carbocycles. The van der Waals surface area contributed by atoms with Crippen molar-refractivity contribution >= 4 is 17.8 Å². The van der Waals surface area contributed by atoms with Gasteiger partial charge in [-0.1, -0.05) is 19.1 Å². The van der Waals surface area contributed by atoms with Crippen molar-refractivity contribution < 1.29 is 19.5 Å². The fraction of sp³-hybridized carbons (Fsp3) is 0.357. The Kier molecular flexibility index (Phi) is 6.22. The molecule has 0 unspecified atom stereocenters. The largest absolute Gasteiger partial charge is 0.478 e. The van der Waals surface area contributed by atoms with Crippen molar-refractivity contribution in [1.82, 2.24) is 10.6 Å². The minimum Gasteiger partial charge on any atom is -0.478 e. The zero-order valence-electron chi connectivity index (χ0n) is 11.3. The van der Waals surface area contributed by atoms with E-state index >= 15 is 0 Å². The van der Waals surface area contributed by atoms with Crippen LogP contribution in [0.1, 0.15) is 40.5 Å². The van der Waals surface area contributed by atoms with Crippen LogP contribution in [0.3, 0.4) is 0 Å². The molecule has 0 heterocycles. The highest BCUT2D eigenvalue weighted by Crippen LogP contribution is 2.08. The molecule has 0 fully saturated rings. The number of rotatable bonds is 7. The van der Waals surface area contributed by atoms with Gasteiger partial charge in [0, 0.05) is 19.5 Å². The second-order valence-electron chi connectivity index (χ2n) is 4.21. The SMILES string of the molecule is CCCC(=O)NCCNC(=O)c1ccccc1C(=O)O. The number of benzene rings is 1. The van der Waals surface area contributed by atoms with Gasteiger partial charge in [-0.15, -0.1) is 0 Å². The second-order valence-corrected chi connectivity index (χ2v) is 4.21. The Balaban J connectivity index is 2.48. The summed E-state index contributed by atoms with van der Waals surface area (Å²) in [5.41, 5.74) is 0.0694. The number of hydrogen-bond donors (Lipinski definition) is 3. The molecule has 0 saturated heterocycles. The Bertz CT molecular complexity index is 500. The topological polar surface area (TPSA) is 95.5 Å². The van der Waals surface area contributed by atoms with Gasteiger partial charge in [0.2, 0.25) is 5.91 Å². The van der Waals surface area contributed by atoms with Crippen LogP contribution in [-0.4, -0.2) is 36.0 Å². The van der Waals surface area contributed by atoms with Crippen LogP contribution in [0, 0.1) is 0 Å². The van der Waals surface area contributed by atoms with E-state index in [0.717, 1.165) is 6.42 Å². The minimum atomic E-state index is -1.15. The number of carboxylic acids is 1. The van der Waals surface area contributed by atoms with Crippen molar-refractivity contribution in [3.05, 3.63) is 35.4 Å². The summed E-state index contributed by atoms with van der Waals surface area (Å²) < 4.78 is 0. The first-order chi connectivity index (χ1) is 9.56. The Hall–Kier alpha value is -2.37. The molecule has 1 aromatic carbocycles. The van der Waals surface area contributed by atoms with Crippen LogP contribution >= 0.6 is 0 Å². The Morgan fingerprint density at radius 3 is 2.25 bits per heavy atom. The molecule has 0 aromatic heterocycles. The van der Waals surface area contributed by atoms with E-state index in [1.54, 1.807) is 12.1 Å². The molecule has 0 bridgehead atoms. The van der Waals surface area contributed by atoms with E-state index in [1.807, 2.05) is 6.92 Å². The molecule has 6 heteroatoms. The van der Waals surface area contributed by atoms with Crippen LogP contribution in [-0.2, 0) is 4.79 Å². The van der Waals surface area contributed by atoms with Gasteiger partial charge in [-0.25, -0.2) is 4.79 Å². The van der Waals surface area contributed by atoms with Crippen LogP contribution in [0.5, 0.6) is 0 Å². The van der Waals surface area contributed by atoms with Gasteiger partial charge in [0.25, 0.3) is 5.91 Å². The lowest BCUT2D eigenvalue weighted by atomic mass is 10.1. The summed E-state index contributed by atoms with van der Waals surface area (Å²) in [4.78, 5) is 34.0. The van der Waals surface area contributed by atoms with Gasteiger partial charge in [-0.3, -0.25) is 9.59 Å². The molecule has 1 rings (SSSR count). The number of carbonyl (C=O) groups excluding carboxylic acids is 2. The Morgan fingerprint density at radius 1 is 1.05 bits per heavy atom. The Labute approximate surface area is 117 Å². The minimum absolute atomic E-state index is 0.0416. The third-order valence-electron chi connectivity index (χ3n) is 2.61. The third-order valence-corrected chi connectivity index (χ3v) is 2.61. The highest BCUT2D eigenvalue weighted by Gasteiger charge is 2.14. The summed E-state index contributed by atoms with van der Waals surface area (Å²) in [5, 5.41) is 14.2. The number of carboxylic acid groups (broad SMARTS) is 1. The molecule has 108 valence electrons. The highest BCUT2D eigenvalue weighted by molar-refractivity contribution is 6.04. The predicted octanol–water partition coefficient (Wildman–Crippen LogP) is 1.03. The van der Waals surface area contributed by atoms with Crippen molar-refractivity contribution in [1.29, 1.82) is 0 Å². The summed E-state index contributed by atoms with van der Waals surface area (Å²) in [7, 11) is 0. The monoisotopic (exact) mass is 278 g/mol. The molecule has 0 radical (unpaired) electrons. The smallest absolute Gasteiger partial charge is 0.336 e. The molecule has 3 N–H and O–H groups in total. The number of aromatic carboxylic acids is 1. The van der Waals surface area contributed by atoms with Gasteiger partial charge >= 0.3 is 5.97 Å². The van der Waals surface area contributed by atoms with Crippen molar-refractivity contribution in [3.8, 4) is 0 Å². The maximum atomic E-state index is 11.9. The first-order valence-electron chi connectivity index (χ1n) is 6.43. The van der Waals surface area contributed by atoms with E-state index in [2.05, 4.69) is 10.6 Å². The lowest BCUT2D eigenvalue weighted by molar-refractivity contribution is -0.121. The summed E-state index contributed by atoms with van der Waals surface area (Å²) in [6.45, 7) is 2.48. The molecule has 0 aliphatic rings. The zero-order chi connectivity index (χ0) is 15.0. The first-order valence-corrected chi connectivity index (χ1v) is 6.43. The summed E-state index contributed by atoms with van der Waals surface area (Å²) >= 11 is 0. The maximum absolute atomic E-state index is 11.9. The third kappa shape index (κ3) is 4.72. The van der Waals surface area contributed by atoms with E-state index in [0.29, 0.717) is 13.0 Å². The van der Waals surface area contributed by atoms with E-state index in [9.17, 15) is 14.4 Å². The van der Waals surface area contributed by atoms with Gasteiger partial charge < -0.3 is 15.7 Å². The normalized spacial score (nSPS) is 9.85. The molecular formula is C14H18N2O4. The second kappa shape index (κ2) is 7.93. The molecular weight excluding hydrogens is 260 g/mol. The van der Waals surface area contributed by atoms with Gasteiger partial charge in [-0.05, 0) is 18.6 Å². The van der Waals surface area contributed by atoms with Crippen LogP contribution < -0.4 is 10.6 Å². The number of nitrogens with one attached hydrogen (secondary N) is 2. The molecule has 2 amide bonds. The summed E-state index contributed by atoms with van der Waals surface area (Å²) in [6, 6.07) is 5.99. The number of amides is 2. The lowest BCUT2D eigenvalue weighted by Gasteiger charge is -2.08. The molecule has 0 aliphatic heterocycles. The van der Waals surface area contributed by atoms with E-state index in [-0.39, 0.29) is 23.6 Å². The number of hydrogen-bond acceptors (Lipinski definition) is 3.